The zero-order chi connectivity index (χ0) is 13.2. The minimum Gasteiger partial charge on any atom is -0.491 e. The molecule has 0 radical (unpaired) electrons. The van der Waals surface area contributed by atoms with E-state index >= 15 is 0 Å². The fourth-order valence-corrected chi connectivity index (χ4v) is 1.82. The van der Waals surface area contributed by atoms with Crippen molar-refractivity contribution in [1.29, 1.82) is 0 Å². The molecule has 1 fully saturated rings. The lowest BCUT2D eigenvalue weighted by molar-refractivity contribution is 0.0942. The average Bonchev–Trinajstić information content (AvgIpc) is 3.08. The van der Waals surface area contributed by atoms with Crippen molar-refractivity contribution in [2.24, 2.45) is 5.41 Å². The van der Waals surface area contributed by atoms with Gasteiger partial charge in [-0.2, -0.15) is 0 Å². The van der Waals surface area contributed by atoms with E-state index < -0.39 is 0 Å². The van der Waals surface area contributed by atoms with E-state index in [4.69, 9.17) is 10.5 Å². The van der Waals surface area contributed by atoms with Gasteiger partial charge in [-0.3, -0.25) is 4.79 Å². The number of ether oxygens (including phenoxy) is 1. The second-order valence-electron chi connectivity index (χ2n) is 5.15. The number of nitrogens with two attached hydrogens (primary N) is 1. The Kier molecular flexibility index (Phi) is 3.45. The normalized spacial score (nSPS) is 16.1. The van der Waals surface area contributed by atoms with Gasteiger partial charge in [0.1, 0.15) is 0 Å². The lowest BCUT2D eigenvalue weighted by Gasteiger charge is -2.14. The summed E-state index contributed by atoms with van der Waals surface area (Å²) in [4.78, 5) is 12.1. The van der Waals surface area contributed by atoms with E-state index in [1.165, 1.54) is 12.8 Å². The Morgan fingerprint density at radius 1 is 1.50 bits per heavy atom. The standard InChI is InChI=1S/C14H20N2O2/c1-3-18-12-10(5-4-6-11(12)15)13(17)16-9-14(2)7-8-14/h4-6H,3,7-9,15H2,1-2H3,(H,16,17). The van der Waals surface area contributed by atoms with Gasteiger partial charge in [-0.15, -0.1) is 0 Å². The van der Waals surface area contributed by atoms with Gasteiger partial charge in [-0.05, 0) is 37.3 Å². The predicted molar refractivity (Wildman–Crippen MR) is 71.7 cm³/mol. The molecule has 0 heterocycles. The van der Waals surface area contributed by atoms with Crippen LogP contribution in [-0.2, 0) is 0 Å². The summed E-state index contributed by atoms with van der Waals surface area (Å²) in [6, 6.07) is 5.25. The SMILES string of the molecule is CCOc1c(N)cccc1C(=O)NCC1(C)CC1. The predicted octanol–water partition coefficient (Wildman–Crippen LogP) is 2.20. The number of carbonyl (C=O) groups excluding carboxylic acids is 1. The molecule has 0 unspecified atom stereocenters. The average molecular weight is 248 g/mol. The Morgan fingerprint density at radius 3 is 2.83 bits per heavy atom. The van der Waals surface area contributed by atoms with Crippen molar-refractivity contribution in [2.75, 3.05) is 18.9 Å². The van der Waals surface area contributed by atoms with Crippen LogP contribution < -0.4 is 15.8 Å². The number of amides is 1. The summed E-state index contributed by atoms with van der Waals surface area (Å²) in [6.45, 7) is 5.26. The Balaban J connectivity index is 2.10. The van der Waals surface area contributed by atoms with Crippen LogP contribution in [0.3, 0.4) is 0 Å². The largest absolute Gasteiger partial charge is 0.491 e. The second kappa shape index (κ2) is 4.88. The zero-order valence-electron chi connectivity index (χ0n) is 11.0. The summed E-state index contributed by atoms with van der Waals surface area (Å²) in [7, 11) is 0. The van der Waals surface area contributed by atoms with Crippen LogP contribution >= 0.6 is 0 Å². The number of nitrogens with one attached hydrogen (secondary N) is 1. The van der Waals surface area contributed by atoms with Crippen molar-refractivity contribution >= 4 is 11.6 Å². The third-order valence-corrected chi connectivity index (χ3v) is 3.36. The lowest BCUT2D eigenvalue weighted by atomic mass is 10.1. The molecular formula is C14H20N2O2. The summed E-state index contributed by atoms with van der Waals surface area (Å²) in [5, 5.41) is 2.95. The van der Waals surface area contributed by atoms with E-state index in [0.717, 1.165) is 0 Å². The van der Waals surface area contributed by atoms with Crippen LogP contribution in [0.2, 0.25) is 0 Å². The lowest BCUT2D eigenvalue weighted by Crippen LogP contribution is -2.29. The summed E-state index contributed by atoms with van der Waals surface area (Å²) >= 11 is 0. The number of anilines is 1. The van der Waals surface area contributed by atoms with Crippen molar-refractivity contribution < 1.29 is 9.53 Å². The van der Waals surface area contributed by atoms with Crippen LogP contribution in [0.1, 0.15) is 37.0 Å². The monoisotopic (exact) mass is 248 g/mol. The van der Waals surface area contributed by atoms with Crippen LogP contribution in [0.4, 0.5) is 5.69 Å². The third kappa shape index (κ3) is 2.75. The van der Waals surface area contributed by atoms with Gasteiger partial charge in [0.25, 0.3) is 5.91 Å². The first kappa shape index (κ1) is 12.7. The summed E-state index contributed by atoms with van der Waals surface area (Å²) in [6.07, 6.45) is 2.37. The highest BCUT2D eigenvalue weighted by Crippen LogP contribution is 2.44. The molecule has 98 valence electrons. The highest BCUT2D eigenvalue weighted by atomic mass is 16.5. The van der Waals surface area contributed by atoms with Crippen molar-refractivity contribution in [1.82, 2.24) is 5.32 Å². The molecule has 0 aliphatic heterocycles. The maximum atomic E-state index is 12.1. The molecule has 1 aromatic rings. The quantitative estimate of drug-likeness (QED) is 0.785. The molecule has 0 bridgehead atoms. The maximum Gasteiger partial charge on any atom is 0.255 e. The van der Waals surface area contributed by atoms with Gasteiger partial charge < -0.3 is 15.8 Å². The fraction of sp³-hybridized carbons (Fsp3) is 0.500. The van der Waals surface area contributed by atoms with E-state index in [9.17, 15) is 4.79 Å². The number of hydrogen-bond acceptors (Lipinski definition) is 3. The maximum absolute atomic E-state index is 12.1. The van der Waals surface area contributed by atoms with E-state index in [2.05, 4.69) is 12.2 Å². The number of benzene rings is 1. The molecular weight excluding hydrogens is 228 g/mol. The molecule has 1 amide bonds. The molecule has 0 saturated heterocycles. The van der Waals surface area contributed by atoms with Crippen LogP contribution in [0.25, 0.3) is 0 Å². The van der Waals surface area contributed by atoms with E-state index in [0.29, 0.717) is 35.6 Å². The van der Waals surface area contributed by atoms with E-state index in [-0.39, 0.29) is 5.91 Å². The first-order valence-electron chi connectivity index (χ1n) is 6.35. The second-order valence-corrected chi connectivity index (χ2v) is 5.15. The summed E-state index contributed by atoms with van der Waals surface area (Å²) in [5.74, 6) is 0.373. The number of para-hydroxylation sites is 1. The number of rotatable bonds is 5. The topological polar surface area (TPSA) is 64.3 Å². The summed E-state index contributed by atoms with van der Waals surface area (Å²) in [5.41, 5.74) is 7.14. The highest BCUT2D eigenvalue weighted by molar-refractivity contribution is 5.98. The van der Waals surface area contributed by atoms with Gasteiger partial charge in [0.2, 0.25) is 0 Å². The molecule has 3 N–H and O–H groups in total. The molecule has 1 saturated carbocycles. The number of carbonyl (C=O) groups is 1. The van der Waals surface area contributed by atoms with Crippen LogP contribution in [0, 0.1) is 5.41 Å². The molecule has 4 nitrogen and oxygen atoms in total. The third-order valence-electron chi connectivity index (χ3n) is 3.36. The minimum atomic E-state index is -0.112. The van der Waals surface area contributed by atoms with Gasteiger partial charge >= 0.3 is 0 Å². The number of hydrogen-bond donors (Lipinski definition) is 2. The van der Waals surface area contributed by atoms with Gasteiger partial charge in [0.15, 0.2) is 5.75 Å². The van der Waals surface area contributed by atoms with Crippen molar-refractivity contribution in [3.8, 4) is 5.75 Å². The van der Waals surface area contributed by atoms with Crippen molar-refractivity contribution in [3.05, 3.63) is 23.8 Å². The molecule has 4 heteroatoms. The van der Waals surface area contributed by atoms with E-state index in [1.54, 1.807) is 18.2 Å². The smallest absolute Gasteiger partial charge is 0.255 e. The van der Waals surface area contributed by atoms with Crippen LogP contribution in [-0.4, -0.2) is 19.1 Å². The fourth-order valence-electron chi connectivity index (χ4n) is 1.82. The molecule has 0 aromatic heterocycles. The van der Waals surface area contributed by atoms with Gasteiger partial charge in [-0.25, -0.2) is 0 Å². The van der Waals surface area contributed by atoms with Crippen LogP contribution in [0.15, 0.2) is 18.2 Å². The van der Waals surface area contributed by atoms with Crippen molar-refractivity contribution in [2.45, 2.75) is 26.7 Å². The van der Waals surface area contributed by atoms with Gasteiger partial charge in [0, 0.05) is 6.54 Å². The molecule has 18 heavy (non-hydrogen) atoms. The van der Waals surface area contributed by atoms with Crippen LogP contribution in [0.5, 0.6) is 5.75 Å². The first-order valence-corrected chi connectivity index (χ1v) is 6.35. The molecule has 1 aromatic carbocycles. The molecule has 1 aliphatic rings. The molecule has 0 spiro atoms. The minimum absolute atomic E-state index is 0.112. The van der Waals surface area contributed by atoms with E-state index in [1.807, 2.05) is 6.92 Å². The Hall–Kier alpha value is -1.71. The van der Waals surface area contributed by atoms with Gasteiger partial charge in [0.05, 0.1) is 17.9 Å². The summed E-state index contributed by atoms with van der Waals surface area (Å²) < 4.78 is 5.45. The number of nitrogen functional groups attached to an aromatic ring is 1. The van der Waals surface area contributed by atoms with Gasteiger partial charge in [-0.1, -0.05) is 13.0 Å². The Bertz CT molecular complexity index is 453. The molecule has 2 rings (SSSR count). The Labute approximate surface area is 108 Å². The van der Waals surface area contributed by atoms with Crippen molar-refractivity contribution in [3.63, 3.8) is 0 Å². The Morgan fingerprint density at radius 2 is 2.22 bits per heavy atom. The first-order chi connectivity index (χ1) is 8.56. The molecule has 0 atom stereocenters. The zero-order valence-corrected chi connectivity index (χ0v) is 11.0. The highest BCUT2D eigenvalue weighted by Gasteiger charge is 2.37. The molecule has 1 aliphatic carbocycles.